The normalized spacial score (nSPS) is 18.1. The molecule has 2 aliphatic rings. The maximum absolute atomic E-state index is 12.7. The smallest absolute Gasteiger partial charge is 0.297 e. The zero-order valence-electron chi connectivity index (χ0n) is 17.3. The quantitative estimate of drug-likeness (QED) is 0.428. The predicted molar refractivity (Wildman–Crippen MR) is 114 cm³/mol. The van der Waals surface area contributed by atoms with Gasteiger partial charge in [0.15, 0.2) is 0 Å². The van der Waals surface area contributed by atoms with Crippen molar-refractivity contribution in [3.8, 4) is 11.8 Å². The molecule has 1 atom stereocenters. The number of nitrogens with one attached hydrogen (secondary N) is 1. The Labute approximate surface area is 185 Å². The molecule has 0 saturated carbocycles. The number of imide groups is 1. The molecule has 0 aromatic heterocycles. The van der Waals surface area contributed by atoms with E-state index >= 15 is 0 Å². The predicted octanol–water partition coefficient (Wildman–Crippen LogP) is 1.51. The molecule has 32 heavy (non-hydrogen) atoms. The van der Waals surface area contributed by atoms with E-state index in [1.165, 1.54) is 17.0 Å². The molecule has 2 aromatic carbocycles. The highest BCUT2D eigenvalue weighted by Gasteiger charge is 2.38. The Morgan fingerprint density at radius 3 is 2.59 bits per heavy atom. The first-order valence-corrected chi connectivity index (χ1v) is 11.4. The molecule has 0 spiro atoms. The van der Waals surface area contributed by atoms with Gasteiger partial charge in [-0.05, 0) is 49.2 Å². The van der Waals surface area contributed by atoms with E-state index in [4.69, 9.17) is 4.18 Å². The van der Waals surface area contributed by atoms with Crippen LogP contribution in [0.15, 0.2) is 47.4 Å². The van der Waals surface area contributed by atoms with Crippen LogP contribution >= 0.6 is 0 Å². The first-order chi connectivity index (χ1) is 15.2. The van der Waals surface area contributed by atoms with Crippen molar-refractivity contribution < 1.29 is 27.0 Å². The van der Waals surface area contributed by atoms with Crippen LogP contribution in [0.5, 0.6) is 0 Å². The van der Waals surface area contributed by atoms with Gasteiger partial charge in [0.25, 0.3) is 16.0 Å². The molecule has 2 aromatic rings. The number of amides is 3. The first kappa shape index (κ1) is 21.7. The maximum Gasteiger partial charge on any atom is 0.297 e. The second-order valence-corrected chi connectivity index (χ2v) is 9.22. The van der Waals surface area contributed by atoms with Gasteiger partial charge in [-0.3, -0.25) is 23.9 Å². The molecule has 0 radical (unpaired) electrons. The van der Waals surface area contributed by atoms with Crippen LogP contribution in [0, 0.1) is 18.8 Å². The standard InChI is InChI=1S/C23H20N2O6S/c1-15-4-7-18(8-5-15)32(29,30)31-12-2-3-16-6-9-19-17(13-16)14-25(23(19)28)20-10-11-21(26)24-22(20)27/h4-9,13,20H,10-12,14H2,1H3,(H,24,26,27). The number of piperidine rings is 1. The maximum atomic E-state index is 12.7. The minimum absolute atomic E-state index is 0.0643. The second kappa shape index (κ2) is 8.57. The van der Waals surface area contributed by atoms with Crippen LogP contribution in [0.25, 0.3) is 0 Å². The van der Waals surface area contributed by atoms with Crippen molar-refractivity contribution >= 4 is 27.8 Å². The summed E-state index contributed by atoms with van der Waals surface area (Å²) >= 11 is 0. The SMILES string of the molecule is Cc1ccc(S(=O)(=O)OCC#Cc2ccc3c(c2)CN(C2CCC(=O)NC2=O)C3=O)cc1. The van der Waals surface area contributed by atoms with Gasteiger partial charge in [-0.2, -0.15) is 8.42 Å². The van der Waals surface area contributed by atoms with E-state index in [1.807, 2.05) is 6.92 Å². The van der Waals surface area contributed by atoms with Crippen molar-refractivity contribution in [2.24, 2.45) is 0 Å². The Kier molecular flexibility index (Phi) is 5.82. The monoisotopic (exact) mass is 452 g/mol. The fraction of sp³-hybridized carbons (Fsp3) is 0.261. The highest BCUT2D eigenvalue weighted by Crippen LogP contribution is 2.28. The van der Waals surface area contributed by atoms with Crippen LogP contribution in [-0.4, -0.2) is 43.7 Å². The largest absolute Gasteiger partial charge is 0.322 e. The van der Waals surface area contributed by atoms with E-state index in [0.29, 0.717) is 17.5 Å². The molecule has 2 heterocycles. The van der Waals surface area contributed by atoms with Crippen molar-refractivity contribution in [2.45, 2.75) is 37.2 Å². The van der Waals surface area contributed by atoms with Gasteiger partial charge < -0.3 is 4.90 Å². The third-order valence-electron chi connectivity index (χ3n) is 5.35. The molecule has 1 fully saturated rings. The lowest BCUT2D eigenvalue weighted by Crippen LogP contribution is -2.52. The van der Waals surface area contributed by atoms with E-state index in [0.717, 1.165) is 11.1 Å². The van der Waals surface area contributed by atoms with Gasteiger partial charge in [0.1, 0.15) is 12.6 Å². The molecule has 0 bridgehead atoms. The number of rotatable bonds is 4. The number of aryl methyl sites for hydroxylation is 1. The molecule has 164 valence electrons. The number of carbonyl (C=O) groups excluding carboxylic acids is 3. The molecule has 1 unspecified atom stereocenters. The molecular weight excluding hydrogens is 432 g/mol. The molecule has 2 aliphatic heterocycles. The summed E-state index contributed by atoms with van der Waals surface area (Å²) in [7, 11) is -3.89. The average molecular weight is 452 g/mol. The van der Waals surface area contributed by atoms with Gasteiger partial charge >= 0.3 is 0 Å². The van der Waals surface area contributed by atoms with Crippen LogP contribution in [-0.2, 0) is 30.4 Å². The summed E-state index contributed by atoms with van der Waals surface area (Å²) in [6.07, 6.45) is 0.489. The van der Waals surface area contributed by atoms with Crippen LogP contribution < -0.4 is 5.32 Å². The van der Waals surface area contributed by atoms with Crippen LogP contribution in [0.3, 0.4) is 0 Å². The van der Waals surface area contributed by atoms with Crippen molar-refractivity contribution in [3.63, 3.8) is 0 Å². The number of hydrogen-bond acceptors (Lipinski definition) is 6. The van der Waals surface area contributed by atoms with Crippen molar-refractivity contribution in [3.05, 3.63) is 64.7 Å². The number of nitrogens with zero attached hydrogens (tertiary/aromatic N) is 1. The minimum atomic E-state index is -3.89. The Balaban J connectivity index is 1.42. The summed E-state index contributed by atoms with van der Waals surface area (Å²) in [5.41, 5.74) is 2.74. The Morgan fingerprint density at radius 1 is 1.12 bits per heavy atom. The molecule has 1 N–H and O–H groups in total. The van der Waals surface area contributed by atoms with Crippen LogP contribution in [0.4, 0.5) is 0 Å². The van der Waals surface area contributed by atoms with Crippen molar-refractivity contribution in [1.29, 1.82) is 0 Å². The summed E-state index contributed by atoms with van der Waals surface area (Å²) in [4.78, 5) is 37.7. The molecular formula is C23H20N2O6S. The highest BCUT2D eigenvalue weighted by atomic mass is 32.2. The Morgan fingerprint density at radius 2 is 1.88 bits per heavy atom. The zero-order chi connectivity index (χ0) is 22.9. The zero-order valence-corrected chi connectivity index (χ0v) is 18.1. The van der Waals surface area contributed by atoms with Gasteiger partial charge in [0, 0.05) is 24.1 Å². The summed E-state index contributed by atoms with van der Waals surface area (Å²) in [6.45, 7) is 1.79. The van der Waals surface area contributed by atoms with E-state index in [2.05, 4.69) is 17.2 Å². The number of benzene rings is 2. The Hall–Kier alpha value is -3.48. The van der Waals surface area contributed by atoms with Crippen LogP contribution in [0.2, 0.25) is 0 Å². The first-order valence-electron chi connectivity index (χ1n) is 9.97. The van der Waals surface area contributed by atoms with Crippen LogP contribution in [0.1, 0.15) is 39.9 Å². The molecule has 4 rings (SSSR count). The van der Waals surface area contributed by atoms with Gasteiger partial charge in [-0.15, -0.1) is 0 Å². The lowest BCUT2D eigenvalue weighted by atomic mass is 10.0. The number of fused-ring (bicyclic) bond motifs is 1. The second-order valence-electron chi connectivity index (χ2n) is 7.60. The summed E-state index contributed by atoms with van der Waals surface area (Å²) in [5, 5.41) is 2.27. The van der Waals surface area contributed by atoms with Crippen molar-refractivity contribution in [2.75, 3.05) is 6.61 Å². The highest BCUT2D eigenvalue weighted by molar-refractivity contribution is 7.86. The summed E-state index contributed by atoms with van der Waals surface area (Å²) in [5.74, 6) is 4.45. The molecule has 1 saturated heterocycles. The van der Waals surface area contributed by atoms with Gasteiger partial charge in [0.05, 0.1) is 4.90 Å². The topological polar surface area (TPSA) is 110 Å². The van der Waals surface area contributed by atoms with E-state index in [9.17, 15) is 22.8 Å². The lowest BCUT2D eigenvalue weighted by molar-refractivity contribution is -0.136. The molecule has 0 aliphatic carbocycles. The summed E-state index contributed by atoms with van der Waals surface area (Å²) < 4.78 is 29.3. The number of hydrogen-bond donors (Lipinski definition) is 1. The minimum Gasteiger partial charge on any atom is -0.322 e. The summed E-state index contributed by atoms with van der Waals surface area (Å²) in [6, 6.07) is 10.7. The average Bonchev–Trinajstić information content (AvgIpc) is 3.07. The van der Waals surface area contributed by atoms with E-state index < -0.39 is 22.1 Å². The third-order valence-corrected chi connectivity index (χ3v) is 6.63. The number of carbonyl (C=O) groups is 3. The molecule has 8 nitrogen and oxygen atoms in total. The van der Waals surface area contributed by atoms with E-state index in [-0.39, 0.29) is 36.3 Å². The molecule has 3 amide bonds. The lowest BCUT2D eigenvalue weighted by Gasteiger charge is -2.29. The van der Waals surface area contributed by atoms with E-state index in [1.54, 1.807) is 30.3 Å². The third kappa shape index (κ3) is 4.42. The molecule has 9 heteroatoms. The van der Waals surface area contributed by atoms with Gasteiger partial charge in [-0.1, -0.05) is 29.5 Å². The van der Waals surface area contributed by atoms with Gasteiger partial charge in [-0.25, -0.2) is 0 Å². The Bertz CT molecular complexity index is 1270. The fourth-order valence-corrected chi connectivity index (χ4v) is 4.49. The van der Waals surface area contributed by atoms with Gasteiger partial charge in [0.2, 0.25) is 11.8 Å². The fourth-order valence-electron chi connectivity index (χ4n) is 3.67. The van der Waals surface area contributed by atoms with Crippen molar-refractivity contribution in [1.82, 2.24) is 10.2 Å².